The predicted octanol–water partition coefficient (Wildman–Crippen LogP) is -1.22. The van der Waals surface area contributed by atoms with Gasteiger partial charge in [0, 0.05) is 25.7 Å². The fourth-order valence-electron chi connectivity index (χ4n) is 1.76. The Balaban J connectivity index is 2.28. The molecule has 0 bridgehead atoms. The molecule has 0 radical (unpaired) electrons. The van der Waals surface area contributed by atoms with Gasteiger partial charge in [0.15, 0.2) is 0 Å². The van der Waals surface area contributed by atoms with E-state index in [-0.39, 0.29) is 18.1 Å². The van der Waals surface area contributed by atoms with Gasteiger partial charge in [-0.3, -0.25) is 9.69 Å². The largest absolute Gasteiger partial charge is 0.390 e. The summed E-state index contributed by atoms with van der Waals surface area (Å²) in [5.41, 5.74) is 0. The molecule has 1 rings (SSSR count). The van der Waals surface area contributed by atoms with Gasteiger partial charge in [0.2, 0.25) is 5.91 Å². The molecule has 1 aliphatic heterocycles. The van der Waals surface area contributed by atoms with Gasteiger partial charge in [0.25, 0.3) is 0 Å². The predicted molar refractivity (Wildman–Crippen MR) is 58.6 cm³/mol. The van der Waals surface area contributed by atoms with Crippen molar-refractivity contribution in [3.63, 3.8) is 0 Å². The third-order valence-corrected chi connectivity index (χ3v) is 2.68. The molecule has 88 valence electrons. The number of aliphatic hydroxyl groups excluding tert-OH is 1. The van der Waals surface area contributed by atoms with Gasteiger partial charge >= 0.3 is 0 Å². The standard InChI is InChI=1S/C10H21N3O2/c1-3-4-12-10(15)7-13(2)8-5-11-6-9(8)14/h8-9,11,14H,3-7H2,1-2H3,(H,12,15). The number of hydrogen-bond donors (Lipinski definition) is 3. The highest BCUT2D eigenvalue weighted by atomic mass is 16.3. The average molecular weight is 215 g/mol. The van der Waals surface area contributed by atoms with E-state index in [1.54, 1.807) is 0 Å². The maximum atomic E-state index is 11.4. The highest BCUT2D eigenvalue weighted by Gasteiger charge is 2.29. The number of nitrogens with one attached hydrogen (secondary N) is 2. The molecule has 0 saturated carbocycles. The van der Waals surface area contributed by atoms with Crippen LogP contribution < -0.4 is 10.6 Å². The number of amides is 1. The normalized spacial score (nSPS) is 25.9. The molecule has 5 nitrogen and oxygen atoms in total. The minimum absolute atomic E-state index is 0.0263. The molecule has 1 saturated heterocycles. The van der Waals surface area contributed by atoms with Gasteiger partial charge in [0.05, 0.1) is 12.6 Å². The lowest BCUT2D eigenvalue weighted by molar-refractivity contribution is -0.122. The minimum Gasteiger partial charge on any atom is -0.390 e. The Bertz CT molecular complexity index is 211. The Morgan fingerprint density at radius 3 is 2.87 bits per heavy atom. The number of hydrogen-bond acceptors (Lipinski definition) is 4. The highest BCUT2D eigenvalue weighted by molar-refractivity contribution is 5.77. The summed E-state index contributed by atoms with van der Waals surface area (Å²) in [6.07, 6.45) is 0.581. The number of nitrogens with zero attached hydrogens (tertiary/aromatic N) is 1. The van der Waals surface area contributed by atoms with Crippen LogP contribution in [0, 0.1) is 0 Å². The molecule has 2 unspecified atom stereocenters. The van der Waals surface area contributed by atoms with Gasteiger partial charge in [-0.05, 0) is 13.5 Å². The molecule has 0 aromatic carbocycles. The Kier molecular flexibility index (Phi) is 5.01. The molecular weight excluding hydrogens is 194 g/mol. The number of aliphatic hydroxyl groups is 1. The van der Waals surface area contributed by atoms with Crippen molar-refractivity contribution in [2.45, 2.75) is 25.5 Å². The van der Waals surface area contributed by atoms with Crippen LogP contribution in [0.4, 0.5) is 0 Å². The molecule has 1 amide bonds. The molecule has 0 aromatic heterocycles. The van der Waals surface area contributed by atoms with Crippen LogP contribution in [0.25, 0.3) is 0 Å². The Morgan fingerprint density at radius 1 is 1.60 bits per heavy atom. The fraction of sp³-hybridized carbons (Fsp3) is 0.900. The Labute approximate surface area is 90.8 Å². The number of rotatable bonds is 5. The van der Waals surface area contributed by atoms with Gasteiger partial charge in [-0.25, -0.2) is 0 Å². The molecule has 0 spiro atoms. The smallest absolute Gasteiger partial charge is 0.234 e. The van der Waals surface area contributed by atoms with Gasteiger partial charge in [-0.15, -0.1) is 0 Å². The molecule has 2 atom stereocenters. The summed E-state index contributed by atoms with van der Waals surface area (Å²) in [6, 6.07) is 0.0531. The van der Waals surface area contributed by atoms with Crippen LogP contribution in [0.1, 0.15) is 13.3 Å². The van der Waals surface area contributed by atoms with Crippen LogP contribution in [0.5, 0.6) is 0 Å². The topological polar surface area (TPSA) is 64.6 Å². The first-order valence-corrected chi connectivity index (χ1v) is 5.51. The first kappa shape index (κ1) is 12.4. The van der Waals surface area contributed by atoms with E-state index in [4.69, 9.17) is 0 Å². The maximum absolute atomic E-state index is 11.4. The summed E-state index contributed by atoms with van der Waals surface area (Å²) in [5, 5.41) is 15.5. The van der Waals surface area contributed by atoms with Crippen LogP contribution in [-0.2, 0) is 4.79 Å². The van der Waals surface area contributed by atoms with E-state index in [1.807, 2.05) is 18.9 Å². The minimum atomic E-state index is -0.367. The average Bonchev–Trinajstić information content (AvgIpc) is 2.61. The molecule has 5 heteroatoms. The van der Waals surface area contributed by atoms with Gasteiger partial charge < -0.3 is 15.7 Å². The van der Waals surface area contributed by atoms with Crippen LogP contribution in [0.15, 0.2) is 0 Å². The van der Waals surface area contributed by atoms with Crippen LogP contribution >= 0.6 is 0 Å². The zero-order valence-corrected chi connectivity index (χ0v) is 9.49. The Hall–Kier alpha value is -0.650. The van der Waals surface area contributed by atoms with Crippen molar-refractivity contribution in [2.75, 3.05) is 33.2 Å². The van der Waals surface area contributed by atoms with Gasteiger partial charge in [-0.1, -0.05) is 6.92 Å². The molecule has 1 aliphatic rings. The third-order valence-electron chi connectivity index (χ3n) is 2.68. The summed E-state index contributed by atoms with van der Waals surface area (Å²) < 4.78 is 0. The van der Waals surface area contributed by atoms with Crippen molar-refractivity contribution < 1.29 is 9.90 Å². The first-order valence-electron chi connectivity index (χ1n) is 5.51. The lowest BCUT2D eigenvalue weighted by atomic mass is 10.2. The first-order chi connectivity index (χ1) is 7.15. The summed E-state index contributed by atoms with van der Waals surface area (Å²) in [6.45, 7) is 4.46. The van der Waals surface area contributed by atoms with Crippen molar-refractivity contribution in [3.8, 4) is 0 Å². The zero-order chi connectivity index (χ0) is 11.3. The molecule has 0 aromatic rings. The van der Waals surface area contributed by atoms with Crippen molar-refractivity contribution in [3.05, 3.63) is 0 Å². The van der Waals surface area contributed by atoms with E-state index in [0.717, 1.165) is 19.5 Å². The maximum Gasteiger partial charge on any atom is 0.234 e. The number of carbonyl (C=O) groups is 1. The summed E-state index contributed by atoms with van der Waals surface area (Å²) >= 11 is 0. The summed E-state index contributed by atoms with van der Waals surface area (Å²) in [5.74, 6) is 0.0263. The zero-order valence-electron chi connectivity index (χ0n) is 9.49. The van der Waals surface area contributed by atoms with Crippen LogP contribution in [0.2, 0.25) is 0 Å². The van der Waals surface area contributed by atoms with E-state index < -0.39 is 0 Å². The number of likely N-dealkylation sites (N-methyl/N-ethyl adjacent to an activating group) is 1. The monoisotopic (exact) mass is 215 g/mol. The summed E-state index contributed by atoms with van der Waals surface area (Å²) in [7, 11) is 1.87. The highest BCUT2D eigenvalue weighted by Crippen LogP contribution is 2.06. The number of β-amino-alcohol motifs (C(OH)–C–C–N with tert-alkyl or cyclic N) is 1. The SMILES string of the molecule is CCCNC(=O)CN(C)C1CNCC1O. The molecule has 1 fully saturated rings. The van der Waals surface area contributed by atoms with Gasteiger partial charge in [0.1, 0.15) is 0 Å². The van der Waals surface area contributed by atoms with E-state index in [0.29, 0.717) is 13.1 Å². The quantitative estimate of drug-likeness (QED) is 0.538. The lowest BCUT2D eigenvalue weighted by Gasteiger charge is -2.25. The molecule has 1 heterocycles. The lowest BCUT2D eigenvalue weighted by Crippen LogP contribution is -2.45. The second kappa shape index (κ2) is 6.05. The van der Waals surface area contributed by atoms with Crippen molar-refractivity contribution in [1.82, 2.24) is 15.5 Å². The van der Waals surface area contributed by atoms with E-state index in [1.165, 1.54) is 0 Å². The van der Waals surface area contributed by atoms with Crippen molar-refractivity contribution >= 4 is 5.91 Å². The Morgan fingerprint density at radius 2 is 2.33 bits per heavy atom. The molecular formula is C10H21N3O2. The fourth-order valence-corrected chi connectivity index (χ4v) is 1.76. The molecule has 0 aliphatic carbocycles. The van der Waals surface area contributed by atoms with Crippen LogP contribution in [0.3, 0.4) is 0 Å². The van der Waals surface area contributed by atoms with Crippen molar-refractivity contribution in [1.29, 1.82) is 0 Å². The van der Waals surface area contributed by atoms with Crippen LogP contribution in [-0.4, -0.2) is 61.3 Å². The molecule has 3 N–H and O–H groups in total. The number of carbonyl (C=O) groups excluding carboxylic acids is 1. The second-order valence-electron chi connectivity index (χ2n) is 4.06. The van der Waals surface area contributed by atoms with E-state index >= 15 is 0 Å². The van der Waals surface area contributed by atoms with Crippen molar-refractivity contribution in [2.24, 2.45) is 0 Å². The van der Waals surface area contributed by atoms with E-state index in [9.17, 15) is 9.90 Å². The van der Waals surface area contributed by atoms with E-state index in [2.05, 4.69) is 10.6 Å². The van der Waals surface area contributed by atoms with Gasteiger partial charge in [-0.2, -0.15) is 0 Å². The molecule has 15 heavy (non-hydrogen) atoms. The summed E-state index contributed by atoms with van der Waals surface area (Å²) in [4.78, 5) is 13.3. The second-order valence-corrected chi connectivity index (χ2v) is 4.06. The third kappa shape index (κ3) is 3.77.